The van der Waals surface area contributed by atoms with Crippen molar-refractivity contribution in [1.82, 2.24) is 15.1 Å². The maximum absolute atomic E-state index is 14.3. The Morgan fingerprint density at radius 3 is 2.76 bits per heavy atom. The lowest BCUT2D eigenvalue weighted by atomic mass is 10.0. The first-order valence-corrected chi connectivity index (χ1v) is 8.24. The molecule has 134 valence electrons. The van der Waals surface area contributed by atoms with E-state index in [4.69, 9.17) is 16.3 Å². The first-order valence-electron chi connectivity index (χ1n) is 7.86. The average molecular weight is 370 g/mol. The quantitative estimate of drug-likeness (QED) is 0.752. The van der Waals surface area contributed by atoms with E-state index in [2.05, 4.69) is 10.2 Å². The summed E-state index contributed by atoms with van der Waals surface area (Å²) < 4.78 is 33.2. The van der Waals surface area contributed by atoms with Gasteiger partial charge in [-0.25, -0.2) is 13.6 Å². The lowest BCUT2D eigenvalue weighted by molar-refractivity contribution is 0.0273. The SMILES string of the molecule is CC(C)(C)OC(=O)N1CCC=C(c2n[nH]c3c(Cl)c(F)cc(F)c23)C1. The van der Waals surface area contributed by atoms with E-state index in [1.165, 1.54) is 4.90 Å². The van der Waals surface area contributed by atoms with Crippen LogP contribution in [0.3, 0.4) is 0 Å². The zero-order valence-electron chi connectivity index (χ0n) is 14.1. The Hall–Kier alpha value is -2.15. The summed E-state index contributed by atoms with van der Waals surface area (Å²) in [4.78, 5) is 13.8. The molecule has 1 N–H and O–H groups in total. The average Bonchev–Trinajstić information content (AvgIpc) is 2.97. The molecule has 0 fully saturated rings. The summed E-state index contributed by atoms with van der Waals surface area (Å²) in [7, 11) is 0. The van der Waals surface area contributed by atoms with Crippen molar-refractivity contribution in [2.45, 2.75) is 32.8 Å². The molecular formula is C17H18ClF2N3O2. The normalized spacial score (nSPS) is 15.4. The van der Waals surface area contributed by atoms with Gasteiger partial charge in [0, 0.05) is 12.6 Å². The number of carbonyl (C=O) groups is 1. The first kappa shape index (κ1) is 17.7. The Kier molecular flexibility index (Phi) is 4.45. The van der Waals surface area contributed by atoms with Crippen molar-refractivity contribution < 1.29 is 18.3 Å². The molecule has 0 saturated carbocycles. The minimum atomic E-state index is -0.852. The van der Waals surface area contributed by atoms with Crippen molar-refractivity contribution in [2.75, 3.05) is 13.1 Å². The van der Waals surface area contributed by atoms with Crippen LogP contribution in [0.4, 0.5) is 13.6 Å². The molecule has 5 nitrogen and oxygen atoms in total. The molecule has 1 aliphatic rings. The van der Waals surface area contributed by atoms with Crippen LogP contribution >= 0.6 is 11.6 Å². The van der Waals surface area contributed by atoms with Crippen molar-refractivity contribution in [3.63, 3.8) is 0 Å². The predicted molar refractivity (Wildman–Crippen MR) is 91.4 cm³/mol. The molecule has 2 heterocycles. The van der Waals surface area contributed by atoms with Crippen LogP contribution in [-0.2, 0) is 4.74 Å². The van der Waals surface area contributed by atoms with Crippen LogP contribution in [-0.4, -0.2) is 39.9 Å². The summed E-state index contributed by atoms with van der Waals surface area (Å²) in [6.07, 6.45) is 2.02. The highest BCUT2D eigenvalue weighted by atomic mass is 35.5. The third-order valence-electron chi connectivity index (χ3n) is 3.79. The Labute approximate surface area is 148 Å². The summed E-state index contributed by atoms with van der Waals surface area (Å²) in [5.41, 5.74) is 0.478. The molecule has 0 radical (unpaired) electrons. The third kappa shape index (κ3) is 3.46. The molecular weight excluding hydrogens is 352 g/mol. The monoisotopic (exact) mass is 369 g/mol. The van der Waals surface area contributed by atoms with Crippen LogP contribution in [0.5, 0.6) is 0 Å². The molecule has 25 heavy (non-hydrogen) atoms. The van der Waals surface area contributed by atoms with Gasteiger partial charge in [-0.1, -0.05) is 17.7 Å². The van der Waals surface area contributed by atoms with Crippen LogP contribution in [0.15, 0.2) is 12.1 Å². The van der Waals surface area contributed by atoms with Gasteiger partial charge in [0.1, 0.15) is 28.0 Å². The van der Waals surface area contributed by atoms with E-state index >= 15 is 0 Å². The minimum absolute atomic E-state index is 0.101. The Balaban J connectivity index is 1.93. The number of halogens is 3. The number of amides is 1. The fourth-order valence-corrected chi connectivity index (χ4v) is 2.92. The van der Waals surface area contributed by atoms with Gasteiger partial charge in [0.25, 0.3) is 0 Å². The lowest BCUT2D eigenvalue weighted by Crippen LogP contribution is -2.39. The molecule has 2 aromatic rings. The zero-order chi connectivity index (χ0) is 18.4. The van der Waals surface area contributed by atoms with Gasteiger partial charge in [-0.05, 0) is 32.8 Å². The fraction of sp³-hybridized carbons (Fsp3) is 0.412. The number of aromatic amines is 1. The van der Waals surface area contributed by atoms with Crippen molar-refractivity contribution in [3.05, 3.63) is 34.5 Å². The predicted octanol–water partition coefficient (Wildman–Crippen LogP) is 4.52. The van der Waals surface area contributed by atoms with Gasteiger partial charge in [-0.15, -0.1) is 0 Å². The smallest absolute Gasteiger partial charge is 0.410 e. The molecule has 0 unspecified atom stereocenters. The van der Waals surface area contributed by atoms with Crippen LogP contribution in [0.1, 0.15) is 32.9 Å². The Morgan fingerprint density at radius 1 is 1.36 bits per heavy atom. The van der Waals surface area contributed by atoms with E-state index in [1.807, 2.05) is 6.08 Å². The van der Waals surface area contributed by atoms with Crippen molar-refractivity contribution in [2.24, 2.45) is 0 Å². The molecule has 8 heteroatoms. The number of rotatable bonds is 1. The molecule has 1 aliphatic heterocycles. The largest absolute Gasteiger partial charge is 0.444 e. The number of hydrogen-bond acceptors (Lipinski definition) is 3. The highest BCUT2D eigenvalue weighted by Crippen LogP contribution is 2.33. The van der Waals surface area contributed by atoms with Gasteiger partial charge < -0.3 is 9.64 Å². The van der Waals surface area contributed by atoms with E-state index in [1.54, 1.807) is 20.8 Å². The summed E-state index contributed by atoms with van der Waals surface area (Å²) in [6.45, 7) is 6.10. The van der Waals surface area contributed by atoms with Gasteiger partial charge in [-0.2, -0.15) is 5.10 Å². The number of carbonyl (C=O) groups excluding carboxylic acids is 1. The molecule has 0 saturated heterocycles. The highest BCUT2D eigenvalue weighted by molar-refractivity contribution is 6.35. The maximum atomic E-state index is 14.3. The van der Waals surface area contributed by atoms with Crippen LogP contribution in [0, 0.1) is 11.6 Å². The van der Waals surface area contributed by atoms with Gasteiger partial charge in [-0.3, -0.25) is 5.10 Å². The highest BCUT2D eigenvalue weighted by Gasteiger charge is 2.27. The van der Waals surface area contributed by atoms with Gasteiger partial charge >= 0.3 is 6.09 Å². The van der Waals surface area contributed by atoms with E-state index in [0.29, 0.717) is 24.2 Å². The zero-order valence-corrected chi connectivity index (χ0v) is 14.9. The molecule has 3 rings (SSSR count). The van der Waals surface area contributed by atoms with Gasteiger partial charge in [0.05, 0.1) is 17.4 Å². The van der Waals surface area contributed by atoms with Crippen LogP contribution in [0.25, 0.3) is 16.5 Å². The number of nitrogens with one attached hydrogen (secondary N) is 1. The number of hydrogen-bond donors (Lipinski definition) is 1. The van der Waals surface area contributed by atoms with E-state index in [9.17, 15) is 13.6 Å². The Bertz CT molecular complexity index is 871. The molecule has 0 bridgehead atoms. The second-order valence-corrected chi connectivity index (χ2v) is 7.27. The molecule has 1 aromatic carbocycles. The van der Waals surface area contributed by atoms with Crippen LogP contribution in [0.2, 0.25) is 5.02 Å². The second kappa shape index (κ2) is 6.29. The molecule has 1 aromatic heterocycles. The molecule has 1 amide bonds. The molecule has 0 atom stereocenters. The van der Waals surface area contributed by atoms with Gasteiger partial charge in [0.2, 0.25) is 0 Å². The van der Waals surface area contributed by atoms with Gasteiger partial charge in [0.15, 0.2) is 0 Å². The molecule has 0 aliphatic carbocycles. The van der Waals surface area contributed by atoms with Crippen molar-refractivity contribution >= 4 is 34.2 Å². The standard InChI is InChI=1S/C17H18ClF2N3O2/c1-17(2,3)25-16(24)23-6-4-5-9(8-23)14-12-10(19)7-11(20)13(18)15(12)22-21-14/h5,7H,4,6,8H2,1-3H3,(H,21,22). The summed E-state index contributed by atoms with van der Waals surface area (Å²) >= 11 is 5.89. The number of nitrogens with zero attached hydrogens (tertiary/aromatic N) is 2. The number of H-pyrrole nitrogens is 1. The number of aromatic nitrogens is 2. The summed E-state index contributed by atoms with van der Waals surface area (Å²) in [5.74, 6) is -1.61. The maximum Gasteiger partial charge on any atom is 0.410 e. The number of fused-ring (bicyclic) bond motifs is 1. The van der Waals surface area contributed by atoms with Crippen molar-refractivity contribution in [1.29, 1.82) is 0 Å². The minimum Gasteiger partial charge on any atom is -0.444 e. The fourth-order valence-electron chi connectivity index (χ4n) is 2.73. The topological polar surface area (TPSA) is 58.2 Å². The van der Waals surface area contributed by atoms with E-state index in [-0.39, 0.29) is 22.5 Å². The third-order valence-corrected chi connectivity index (χ3v) is 4.16. The van der Waals surface area contributed by atoms with E-state index in [0.717, 1.165) is 6.07 Å². The lowest BCUT2D eigenvalue weighted by Gasteiger charge is -2.30. The van der Waals surface area contributed by atoms with Crippen LogP contribution < -0.4 is 0 Å². The summed E-state index contributed by atoms with van der Waals surface area (Å²) in [6, 6.07) is 0.735. The second-order valence-electron chi connectivity index (χ2n) is 6.90. The van der Waals surface area contributed by atoms with E-state index < -0.39 is 23.3 Å². The van der Waals surface area contributed by atoms with Crippen molar-refractivity contribution in [3.8, 4) is 0 Å². The molecule has 0 spiro atoms. The number of ether oxygens (including phenoxy) is 1. The Morgan fingerprint density at radius 2 is 2.08 bits per heavy atom. The summed E-state index contributed by atoms with van der Waals surface area (Å²) in [5, 5.41) is 6.57. The first-order chi connectivity index (χ1) is 11.7. The number of benzene rings is 1.